The maximum Gasteiger partial charge on any atom is 0.425 e. The van der Waals surface area contributed by atoms with Crippen molar-refractivity contribution in [3.63, 3.8) is 0 Å². The van der Waals surface area contributed by atoms with Gasteiger partial charge in [0.1, 0.15) is 0 Å². The molecule has 0 radical (unpaired) electrons. The Morgan fingerprint density at radius 2 is 1.81 bits per heavy atom. The number of ether oxygens (including phenoxy) is 1. The molecule has 3 rings (SSSR count). The molecule has 1 aromatic carbocycles. The molecule has 0 saturated carbocycles. The van der Waals surface area contributed by atoms with Crippen molar-refractivity contribution in [2.24, 2.45) is 0 Å². The van der Waals surface area contributed by atoms with Crippen LogP contribution in [0.4, 0.5) is 18.0 Å². The molecule has 1 aliphatic heterocycles. The number of Topliss-reactive ketones (excluding diaryl/α,β-unsaturated/α-hetero) is 1. The first-order chi connectivity index (χ1) is 15.0. The van der Waals surface area contributed by atoms with Crippen LogP contribution < -0.4 is 5.32 Å². The summed E-state index contributed by atoms with van der Waals surface area (Å²) in [5.74, 6) is -2.17. The van der Waals surface area contributed by atoms with E-state index in [1.807, 2.05) is 11.5 Å². The lowest BCUT2D eigenvalue weighted by Crippen LogP contribution is -2.55. The number of urea groups is 1. The molecule has 1 saturated heterocycles. The van der Waals surface area contributed by atoms with E-state index in [4.69, 9.17) is 4.74 Å². The molecule has 2 aromatic rings. The molecule has 0 aliphatic carbocycles. The molecule has 32 heavy (non-hydrogen) atoms. The molecule has 1 aromatic heterocycles. The van der Waals surface area contributed by atoms with Gasteiger partial charge in [0.2, 0.25) is 5.54 Å². The summed E-state index contributed by atoms with van der Waals surface area (Å²) in [4.78, 5) is 38.7. The molecule has 172 valence electrons. The fourth-order valence-electron chi connectivity index (χ4n) is 4.24. The highest BCUT2D eigenvalue weighted by Crippen LogP contribution is 2.43. The van der Waals surface area contributed by atoms with Crippen molar-refractivity contribution < 1.29 is 32.3 Å². The first-order valence-corrected chi connectivity index (χ1v) is 9.92. The van der Waals surface area contributed by atoms with Crippen molar-refractivity contribution in [3.05, 3.63) is 58.9 Å². The predicted octanol–water partition coefficient (Wildman–Crippen LogP) is 3.50. The van der Waals surface area contributed by atoms with Gasteiger partial charge in [0.25, 0.3) is 5.91 Å². The van der Waals surface area contributed by atoms with Gasteiger partial charge in [-0.15, -0.1) is 0 Å². The van der Waals surface area contributed by atoms with Gasteiger partial charge in [0.15, 0.2) is 5.78 Å². The molecular weight excluding hydrogens is 427 g/mol. The van der Waals surface area contributed by atoms with E-state index in [1.165, 1.54) is 18.2 Å². The molecule has 3 amide bonds. The van der Waals surface area contributed by atoms with Gasteiger partial charge in [0.05, 0.1) is 19.2 Å². The Balaban J connectivity index is 1.94. The van der Waals surface area contributed by atoms with Crippen LogP contribution in [0.3, 0.4) is 0 Å². The number of rotatable bonds is 7. The standard InChI is InChI=1S/C22H24F3N3O4/c1-13-10-17(15(3)28(13)14(2)12-32-4)18(29)11-27-19(30)21(22(23,24)25,26-20(27)31)16-8-6-5-7-9-16/h5-10,14H,11-12H2,1-4H3,(H,26,31). The Morgan fingerprint density at radius 1 is 1.19 bits per heavy atom. The molecule has 10 heteroatoms. The van der Waals surface area contributed by atoms with Crippen LogP contribution in [0.1, 0.15) is 40.3 Å². The second-order valence-corrected chi connectivity index (χ2v) is 7.82. The van der Waals surface area contributed by atoms with Gasteiger partial charge in [-0.25, -0.2) is 4.79 Å². The number of halogens is 3. The number of amides is 3. The van der Waals surface area contributed by atoms with E-state index in [1.54, 1.807) is 32.3 Å². The molecule has 1 aliphatic rings. The van der Waals surface area contributed by atoms with Crippen molar-refractivity contribution in [1.29, 1.82) is 0 Å². The smallest absolute Gasteiger partial charge is 0.383 e. The number of carbonyl (C=O) groups is 3. The summed E-state index contributed by atoms with van der Waals surface area (Å²) >= 11 is 0. The molecule has 7 nitrogen and oxygen atoms in total. The zero-order valence-corrected chi connectivity index (χ0v) is 18.1. The number of nitrogens with one attached hydrogen (secondary N) is 1. The van der Waals surface area contributed by atoms with E-state index in [2.05, 4.69) is 0 Å². The van der Waals surface area contributed by atoms with Gasteiger partial charge in [-0.1, -0.05) is 30.3 Å². The molecule has 0 spiro atoms. The number of aromatic nitrogens is 1. The van der Waals surface area contributed by atoms with Crippen molar-refractivity contribution in [1.82, 2.24) is 14.8 Å². The minimum atomic E-state index is -5.11. The molecule has 1 fully saturated rings. The largest absolute Gasteiger partial charge is 0.425 e. The van der Waals surface area contributed by atoms with Gasteiger partial charge in [-0.2, -0.15) is 13.2 Å². The van der Waals surface area contributed by atoms with E-state index in [0.29, 0.717) is 17.2 Å². The minimum absolute atomic E-state index is 0.0887. The summed E-state index contributed by atoms with van der Waals surface area (Å²) in [6.45, 7) is 4.96. The summed E-state index contributed by atoms with van der Waals surface area (Å²) in [7, 11) is 1.55. The van der Waals surface area contributed by atoms with Crippen molar-refractivity contribution in [2.45, 2.75) is 38.5 Å². The number of ketones is 1. The lowest BCUT2D eigenvalue weighted by Gasteiger charge is -2.29. The number of nitrogens with zero attached hydrogens (tertiary/aromatic N) is 2. The summed E-state index contributed by atoms with van der Waals surface area (Å²) in [6.07, 6.45) is -5.11. The highest BCUT2D eigenvalue weighted by atomic mass is 19.4. The topological polar surface area (TPSA) is 80.6 Å². The second-order valence-electron chi connectivity index (χ2n) is 7.82. The third kappa shape index (κ3) is 3.68. The van der Waals surface area contributed by atoms with Crippen LogP contribution in [0.15, 0.2) is 36.4 Å². The van der Waals surface area contributed by atoms with Crippen LogP contribution in [0, 0.1) is 13.8 Å². The Morgan fingerprint density at radius 3 is 2.38 bits per heavy atom. The third-order valence-electron chi connectivity index (χ3n) is 5.67. The number of benzene rings is 1. The van der Waals surface area contributed by atoms with E-state index >= 15 is 0 Å². The lowest BCUT2D eigenvalue weighted by molar-refractivity contribution is -0.198. The zero-order chi connectivity index (χ0) is 23.8. The Labute approximate surface area is 183 Å². The van der Waals surface area contributed by atoms with Crippen LogP contribution in [-0.2, 0) is 15.1 Å². The fraction of sp³-hybridized carbons (Fsp3) is 0.409. The Bertz CT molecular complexity index is 1050. The van der Waals surface area contributed by atoms with Crippen LogP contribution in [0.5, 0.6) is 0 Å². The number of methoxy groups -OCH3 is 1. The number of hydrogen-bond donors (Lipinski definition) is 1. The van der Waals surface area contributed by atoms with Gasteiger partial charge in [-0.05, 0) is 32.4 Å². The molecule has 0 bridgehead atoms. The van der Waals surface area contributed by atoms with E-state index in [9.17, 15) is 27.6 Å². The molecular formula is C22H24F3N3O4. The van der Waals surface area contributed by atoms with Crippen LogP contribution in [-0.4, -0.2) is 53.6 Å². The summed E-state index contributed by atoms with van der Waals surface area (Å²) in [5, 5.41) is 1.78. The fourth-order valence-corrected chi connectivity index (χ4v) is 4.24. The van der Waals surface area contributed by atoms with E-state index in [-0.39, 0.29) is 11.6 Å². The van der Waals surface area contributed by atoms with Gasteiger partial charge < -0.3 is 14.6 Å². The SMILES string of the molecule is COCC(C)n1c(C)cc(C(=O)CN2C(=O)NC(c3ccccc3)(C(F)(F)F)C2=O)c1C. The van der Waals surface area contributed by atoms with Gasteiger partial charge in [0, 0.05) is 24.1 Å². The number of hydrogen-bond acceptors (Lipinski definition) is 4. The number of imide groups is 1. The number of alkyl halides is 3. The Kier molecular flexibility index (Phi) is 6.19. The molecule has 2 heterocycles. The summed E-state index contributed by atoms with van der Waals surface area (Å²) in [5.41, 5.74) is -2.10. The number of aryl methyl sites for hydroxylation is 1. The number of carbonyl (C=O) groups excluding carboxylic acids is 3. The highest BCUT2D eigenvalue weighted by molar-refractivity contribution is 6.12. The van der Waals surface area contributed by atoms with Gasteiger partial charge >= 0.3 is 12.2 Å². The third-order valence-corrected chi connectivity index (χ3v) is 5.67. The Hall–Kier alpha value is -3.14. The van der Waals surface area contributed by atoms with Crippen LogP contribution in [0.25, 0.3) is 0 Å². The first kappa shape index (κ1) is 23.5. The van der Waals surface area contributed by atoms with Crippen molar-refractivity contribution >= 4 is 17.7 Å². The zero-order valence-electron chi connectivity index (χ0n) is 18.1. The van der Waals surface area contributed by atoms with Crippen LogP contribution >= 0.6 is 0 Å². The minimum Gasteiger partial charge on any atom is -0.383 e. The van der Waals surface area contributed by atoms with Crippen molar-refractivity contribution in [3.8, 4) is 0 Å². The molecule has 2 atom stereocenters. The monoisotopic (exact) mass is 451 g/mol. The molecule has 1 N–H and O–H groups in total. The normalized spacial score (nSPS) is 19.9. The summed E-state index contributed by atoms with van der Waals surface area (Å²) < 4.78 is 49.3. The van der Waals surface area contributed by atoms with Crippen molar-refractivity contribution in [2.75, 3.05) is 20.3 Å². The lowest BCUT2D eigenvalue weighted by atomic mass is 9.89. The maximum atomic E-state index is 14.1. The average Bonchev–Trinajstić information content (AvgIpc) is 3.16. The molecule has 2 unspecified atom stereocenters. The highest BCUT2D eigenvalue weighted by Gasteiger charge is 2.68. The quantitative estimate of drug-likeness (QED) is 0.516. The van der Waals surface area contributed by atoms with E-state index < -0.39 is 41.5 Å². The average molecular weight is 451 g/mol. The first-order valence-electron chi connectivity index (χ1n) is 9.92. The summed E-state index contributed by atoms with van der Waals surface area (Å²) in [6, 6.07) is 6.63. The van der Waals surface area contributed by atoms with Crippen LogP contribution in [0.2, 0.25) is 0 Å². The van der Waals surface area contributed by atoms with Gasteiger partial charge in [-0.3, -0.25) is 14.5 Å². The second kappa shape index (κ2) is 8.42. The maximum absolute atomic E-state index is 14.1. The predicted molar refractivity (Wildman–Crippen MR) is 109 cm³/mol. The van der Waals surface area contributed by atoms with E-state index in [0.717, 1.165) is 17.8 Å².